The molecule has 12 heavy (non-hydrogen) atoms. The van der Waals surface area contributed by atoms with Crippen LogP contribution < -0.4 is 5.73 Å². The third kappa shape index (κ3) is 2.31. The maximum atomic E-state index is 11.7. The van der Waals surface area contributed by atoms with Crippen molar-refractivity contribution in [1.82, 2.24) is 0 Å². The molecule has 0 radical (unpaired) electrons. The largest absolute Gasteiger partial charge is 0.329 e. The number of hydrogen-bond donors (Lipinski definition) is 1. The molecule has 0 saturated heterocycles. The van der Waals surface area contributed by atoms with Gasteiger partial charge in [-0.1, -0.05) is 20.8 Å². The monoisotopic (exact) mass is 171 g/mol. The van der Waals surface area contributed by atoms with Crippen LogP contribution in [-0.2, 0) is 4.79 Å². The van der Waals surface area contributed by atoms with E-state index in [4.69, 9.17) is 5.73 Å². The molecule has 0 rings (SSSR count). The van der Waals surface area contributed by atoms with Gasteiger partial charge in [-0.05, 0) is 19.3 Å². The number of carbonyl (C=O) groups is 1. The zero-order valence-corrected chi connectivity index (χ0v) is 8.52. The molecule has 0 unspecified atom stereocenters. The molecular formula is C10H21NO. The van der Waals surface area contributed by atoms with Gasteiger partial charge in [0, 0.05) is 18.4 Å². The van der Waals surface area contributed by atoms with Crippen molar-refractivity contribution in [2.24, 2.45) is 11.1 Å². The maximum Gasteiger partial charge on any atom is 0.140 e. The van der Waals surface area contributed by atoms with E-state index in [1.54, 1.807) is 0 Å². The van der Waals surface area contributed by atoms with Crippen molar-refractivity contribution in [2.75, 3.05) is 6.54 Å². The Morgan fingerprint density at radius 1 is 1.25 bits per heavy atom. The van der Waals surface area contributed by atoms with Gasteiger partial charge in [0.15, 0.2) is 0 Å². The molecule has 2 heteroatoms. The summed E-state index contributed by atoms with van der Waals surface area (Å²) in [6, 6.07) is 0. The quantitative estimate of drug-likeness (QED) is 0.665. The highest BCUT2D eigenvalue weighted by atomic mass is 16.1. The molecule has 0 heterocycles. The van der Waals surface area contributed by atoms with Crippen LogP contribution in [0.4, 0.5) is 0 Å². The van der Waals surface area contributed by atoms with Crippen molar-refractivity contribution in [3.05, 3.63) is 0 Å². The Kier molecular flexibility index (Phi) is 5.14. The minimum atomic E-state index is -0.226. The molecule has 0 saturated carbocycles. The molecule has 0 aromatic rings. The van der Waals surface area contributed by atoms with Crippen molar-refractivity contribution < 1.29 is 4.79 Å². The fraction of sp³-hybridized carbons (Fsp3) is 0.900. The summed E-state index contributed by atoms with van der Waals surface area (Å²) in [5.74, 6) is 0.345. The van der Waals surface area contributed by atoms with Crippen LogP contribution in [-0.4, -0.2) is 12.3 Å². The lowest BCUT2D eigenvalue weighted by Crippen LogP contribution is -2.37. The van der Waals surface area contributed by atoms with Gasteiger partial charge in [-0.3, -0.25) is 4.79 Å². The zero-order chi connectivity index (χ0) is 9.61. The minimum Gasteiger partial charge on any atom is -0.329 e. The van der Waals surface area contributed by atoms with Gasteiger partial charge in [0.25, 0.3) is 0 Å². The highest BCUT2D eigenvalue weighted by molar-refractivity contribution is 5.84. The van der Waals surface area contributed by atoms with Gasteiger partial charge in [0.2, 0.25) is 0 Å². The second kappa shape index (κ2) is 5.31. The van der Waals surface area contributed by atoms with E-state index in [1.165, 1.54) is 0 Å². The van der Waals surface area contributed by atoms with Crippen LogP contribution in [0.3, 0.4) is 0 Å². The Morgan fingerprint density at radius 2 is 1.75 bits per heavy atom. The lowest BCUT2D eigenvalue weighted by Gasteiger charge is -2.28. The molecular weight excluding hydrogens is 150 g/mol. The highest BCUT2D eigenvalue weighted by Crippen LogP contribution is 2.27. The number of hydrogen-bond acceptors (Lipinski definition) is 2. The van der Waals surface area contributed by atoms with Gasteiger partial charge in [-0.25, -0.2) is 0 Å². The summed E-state index contributed by atoms with van der Waals surface area (Å²) in [5.41, 5.74) is 5.41. The second-order valence-electron chi connectivity index (χ2n) is 3.36. The topological polar surface area (TPSA) is 43.1 Å². The zero-order valence-electron chi connectivity index (χ0n) is 8.52. The van der Waals surface area contributed by atoms with Gasteiger partial charge in [-0.15, -0.1) is 0 Å². The first kappa shape index (κ1) is 11.6. The van der Waals surface area contributed by atoms with E-state index in [0.29, 0.717) is 18.7 Å². The van der Waals surface area contributed by atoms with Crippen LogP contribution in [0.1, 0.15) is 46.5 Å². The van der Waals surface area contributed by atoms with Crippen LogP contribution in [0.5, 0.6) is 0 Å². The molecule has 72 valence electrons. The smallest absolute Gasteiger partial charge is 0.140 e. The first-order chi connectivity index (χ1) is 5.66. The van der Waals surface area contributed by atoms with Crippen molar-refractivity contribution in [3.63, 3.8) is 0 Å². The lowest BCUT2D eigenvalue weighted by atomic mass is 9.77. The summed E-state index contributed by atoms with van der Waals surface area (Å²) in [7, 11) is 0. The van der Waals surface area contributed by atoms with Crippen LogP contribution in [0.15, 0.2) is 0 Å². The number of nitrogens with two attached hydrogens (primary N) is 1. The number of ketones is 1. The first-order valence-electron chi connectivity index (χ1n) is 4.90. The predicted octanol–water partition coefficient (Wildman–Crippen LogP) is 2.12. The van der Waals surface area contributed by atoms with Crippen molar-refractivity contribution in [2.45, 2.75) is 46.5 Å². The molecule has 0 atom stereocenters. The fourth-order valence-corrected chi connectivity index (χ4v) is 1.54. The third-order valence-electron chi connectivity index (χ3n) is 2.81. The Bertz CT molecular complexity index is 131. The third-order valence-corrected chi connectivity index (χ3v) is 2.81. The Hall–Kier alpha value is -0.370. The molecule has 0 aliphatic rings. The van der Waals surface area contributed by atoms with Gasteiger partial charge < -0.3 is 5.73 Å². The molecule has 0 fully saturated rings. The van der Waals surface area contributed by atoms with E-state index in [0.717, 1.165) is 19.3 Å². The second-order valence-corrected chi connectivity index (χ2v) is 3.36. The molecule has 2 N–H and O–H groups in total. The Balaban J connectivity index is 4.36. The number of Topliss-reactive ketones (excluding diaryl/α,β-unsaturated/α-hetero) is 1. The van der Waals surface area contributed by atoms with E-state index < -0.39 is 0 Å². The van der Waals surface area contributed by atoms with Crippen LogP contribution in [0.2, 0.25) is 0 Å². The fourth-order valence-electron chi connectivity index (χ4n) is 1.54. The number of carbonyl (C=O) groups excluding carboxylic acids is 1. The van der Waals surface area contributed by atoms with Gasteiger partial charge >= 0.3 is 0 Å². The van der Waals surface area contributed by atoms with E-state index in [1.807, 2.05) is 20.8 Å². The first-order valence-corrected chi connectivity index (χ1v) is 4.90. The predicted molar refractivity (Wildman–Crippen MR) is 52.0 cm³/mol. The van der Waals surface area contributed by atoms with Gasteiger partial charge in [0.05, 0.1) is 0 Å². The maximum absolute atomic E-state index is 11.7. The summed E-state index contributed by atoms with van der Waals surface area (Å²) in [5, 5.41) is 0. The van der Waals surface area contributed by atoms with Crippen molar-refractivity contribution >= 4 is 5.78 Å². The molecule has 0 aromatic heterocycles. The van der Waals surface area contributed by atoms with Crippen LogP contribution in [0, 0.1) is 5.41 Å². The van der Waals surface area contributed by atoms with Crippen molar-refractivity contribution in [1.29, 1.82) is 0 Å². The normalized spacial score (nSPS) is 11.7. The van der Waals surface area contributed by atoms with Crippen LogP contribution in [0.25, 0.3) is 0 Å². The average molecular weight is 171 g/mol. The van der Waals surface area contributed by atoms with Crippen LogP contribution >= 0.6 is 0 Å². The molecule has 0 aromatic carbocycles. The van der Waals surface area contributed by atoms with E-state index in [2.05, 4.69) is 0 Å². The molecule has 0 bridgehead atoms. The highest BCUT2D eigenvalue weighted by Gasteiger charge is 2.31. The molecule has 0 aliphatic heterocycles. The summed E-state index contributed by atoms with van der Waals surface area (Å²) >= 11 is 0. The summed E-state index contributed by atoms with van der Waals surface area (Å²) in [6.07, 6.45) is 3.36. The molecule has 2 nitrogen and oxygen atoms in total. The van der Waals surface area contributed by atoms with Crippen molar-refractivity contribution in [3.8, 4) is 0 Å². The summed E-state index contributed by atoms with van der Waals surface area (Å²) in [6.45, 7) is 6.62. The molecule has 0 spiro atoms. The van der Waals surface area contributed by atoms with E-state index in [-0.39, 0.29) is 5.41 Å². The minimum absolute atomic E-state index is 0.226. The summed E-state index contributed by atoms with van der Waals surface area (Å²) in [4.78, 5) is 11.7. The lowest BCUT2D eigenvalue weighted by molar-refractivity contribution is -0.128. The van der Waals surface area contributed by atoms with E-state index in [9.17, 15) is 4.79 Å². The van der Waals surface area contributed by atoms with Gasteiger partial charge in [-0.2, -0.15) is 0 Å². The van der Waals surface area contributed by atoms with E-state index >= 15 is 0 Å². The Labute approximate surface area is 75.5 Å². The Morgan fingerprint density at radius 3 is 2.00 bits per heavy atom. The average Bonchev–Trinajstić information content (AvgIpc) is 2.09. The summed E-state index contributed by atoms with van der Waals surface area (Å²) < 4.78 is 0. The molecule has 0 amide bonds. The molecule has 0 aliphatic carbocycles. The van der Waals surface area contributed by atoms with Gasteiger partial charge in [0.1, 0.15) is 5.78 Å². The number of rotatable bonds is 6. The SMILES string of the molecule is CCCC(=O)C(CC)(CC)CN. The standard InChI is InChI=1S/C10H21NO/c1-4-7-9(12)10(5-2,6-3)8-11/h4-8,11H2,1-3H3.